The molecule has 0 spiro atoms. The second-order valence-corrected chi connectivity index (χ2v) is 5.26. The average Bonchev–Trinajstić information content (AvgIpc) is 2.84. The summed E-state index contributed by atoms with van der Waals surface area (Å²) in [5.74, 6) is 3.79. The molecule has 4 heteroatoms. The molecule has 2 heterocycles. The molecule has 3 unspecified atom stereocenters. The lowest BCUT2D eigenvalue weighted by Gasteiger charge is -2.24. The molecule has 0 bridgehead atoms. The van der Waals surface area contributed by atoms with Gasteiger partial charge in [-0.15, -0.1) is 10.2 Å². The second-order valence-electron chi connectivity index (χ2n) is 5.26. The van der Waals surface area contributed by atoms with Crippen LogP contribution >= 0.6 is 0 Å². The number of fused-ring (bicyclic) bond motifs is 1. The van der Waals surface area contributed by atoms with E-state index in [0.29, 0.717) is 12.0 Å². The Hall–Kier alpha value is -0.900. The molecule has 1 fully saturated rings. The summed E-state index contributed by atoms with van der Waals surface area (Å²) in [4.78, 5) is 0. The first kappa shape index (κ1) is 10.3. The van der Waals surface area contributed by atoms with Crippen molar-refractivity contribution in [3.63, 3.8) is 0 Å². The molecule has 88 valence electrons. The van der Waals surface area contributed by atoms with Crippen LogP contribution in [0.2, 0.25) is 0 Å². The van der Waals surface area contributed by atoms with E-state index in [-0.39, 0.29) is 0 Å². The molecule has 0 radical (unpaired) electrons. The number of rotatable bonds is 1. The fraction of sp³-hybridized carbons (Fsp3) is 0.833. The summed E-state index contributed by atoms with van der Waals surface area (Å²) in [5, 5.41) is 12.3. The molecule has 0 aromatic carbocycles. The molecule has 1 aliphatic carbocycles. The minimum atomic E-state index is 0.353. The Morgan fingerprint density at radius 1 is 1.19 bits per heavy atom. The predicted molar refractivity (Wildman–Crippen MR) is 62.2 cm³/mol. The lowest BCUT2D eigenvalue weighted by atomic mass is 9.97. The molecule has 1 aromatic rings. The zero-order valence-electron chi connectivity index (χ0n) is 10.1. The van der Waals surface area contributed by atoms with Gasteiger partial charge in [-0.05, 0) is 25.7 Å². The maximum Gasteiger partial charge on any atom is 0.149 e. The lowest BCUT2D eigenvalue weighted by Crippen LogP contribution is -2.33. The van der Waals surface area contributed by atoms with Crippen LogP contribution in [0.3, 0.4) is 0 Å². The summed E-state index contributed by atoms with van der Waals surface area (Å²) in [6.45, 7) is 6.59. The van der Waals surface area contributed by atoms with Crippen LogP contribution in [0.5, 0.6) is 0 Å². The van der Waals surface area contributed by atoms with Crippen molar-refractivity contribution >= 4 is 0 Å². The van der Waals surface area contributed by atoms with Crippen LogP contribution in [0, 0.1) is 5.92 Å². The Balaban J connectivity index is 1.96. The Morgan fingerprint density at radius 3 is 2.75 bits per heavy atom. The number of hydrogen-bond acceptors (Lipinski definition) is 3. The van der Waals surface area contributed by atoms with Crippen LogP contribution in [-0.2, 0) is 6.54 Å². The van der Waals surface area contributed by atoms with Gasteiger partial charge < -0.3 is 9.88 Å². The van der Waals surface area contributed by atoms with Crippen molar-refractivity contribution in [3.05, 3.63) is 11.6 Å². The average molecular weight is 220 g/mol. The summed E-state index contributed by atoms with van der Waals surface area (Å²) in [5.41, 5.74) is 0. The molecule has 4 nitrogen and oxygen atoms in total. The molecule has 1 saturated carbocycles. The van der Waals surface area contributed by atoms with Crippen molar-refractivity contribution in [2.24, 2.45) is 5.92 Å². The van der Waals surface area contributed by atoms with E-state index in [1.165, 1.54) is 25.1 Å². The first-order chi connectivity index (χ1) is 7.77. The van der Waals surface area contributed by atoms with E-state index in [9.17, 15) is 0 Å². The zero-order chi connectivity index (χ0) is 11.1. The van der Waals surface area contributed by atoms with Crippen LogP contribution in [-0.4, -0.2) is 21.3 Å². The summed E-state index contributed by atoms with van der Waals surface area (Å²) in [6.07, 6.45) is 3.99. The van der Waals surface area contributed by atoms with E-state index in [2.05, 4.69) is 33.9 Å². The van der Waals surface area contributed by atoms with Crippen LogP contribution in [0.1, 0.15) is 56.7 Å². The minimum Gasteiger partial charge on any atom is -0.312 e. The van der Waals surface area contributed by atoms with E-state index >= 15 is 0 Å². The molecule has 16 heavy (non-hydrogen) atoms. The predicted octanol–water partition coefficient (Wildman–Crippen LogP) is 1.85. The Kier molecular flexibility index (Phi) is 2.46. The first-order valence-corrected chi connectivity index (χ1v) is 6.43. The maximum atomic E-state index is 4.45. The number of hydrogen-bond donors (Lipinski definition) is 1. The van der Waals surface area contributed by atoms with Gasteiger partial charge in [0.15, 0.2) is 0 Å². The van der Waals surface area contributed by atoms with Gasteiger partial charge in [-0.1, -0.05) is 13.3 Å². The van der Waals surface area contributed by atoms with E-state index in [1.54, 1.807) is 0 Å². The van der Waals surface area contributed by atoms with E-state index in [1.807, 2.05) is 0 Å². The van der Waals surface area contributed by atoms with E-state index < -0.39 is 0 Å². The second kappa shape index (κ2) is 3.84. The fourth-order valence-corrected chi connectivity index (χ4v) is 3.16. The molecule has 2 aliphatic rings. The molecule has 1 aromatic heterocycles. The van der Waals surface area contributed by atoms with Crippen LogP contribution in [0.4, 0.5) is 0 Å². The smallest absolute Gasteiger partial charge is 0.149 e. The van der Waals surface area contributed by atoms with Crippen molar-refractivity contribution in [1.82, 2.24) is 20.1 Å². The van der Waals surface area contributed by atoms with Gasteiger partial charge in [0.1, 0.15) is 11.6 Å². The molecule has 0 saturated heterocycles. The van der Waals surface area contributed by atoms with Crippen molar-refractivity contribution in [3.8, 4) is 0 Å². The first-order valence-electron chi connectivity index (χ1n) is 6.43. The Labute approximate surface area is 96.4 Å². The standard InChI is InChI=1S/C12H20N4/c1-8-4-3-5-10(8)12-15-14-11-9(2)13-6-7-16(11)12/h8-10,13H,3-7H2,1-2H3. The molecule has 0 amide bonds. The van der Waals surface area contributed by atoms with Gasteiger partial charge in [0, 0.05) is 19.0 Å². The molecular weight excluding hydrogens is 200 g/mol. The largest absolute Gasteiger partial charge is 0.312 e. The third-order valence-electron chi connectivity index (χ3n) is 4.17. The SMILES string of the molecule is CC1NCCn2c1nnc2C1CCCC1C. The third kappa shape index (κ3) is 1.47. The van der Waals surface area contributed by atoms with Crippen molar-refractivity contribution in [2.75, 3.05) is 6.54 Å². The normalized spacial score (nSPS) is 34.0. The number of nitrogens with one attached hydrogen (secondary N) is 1. The highest BCUT2D eigenvalue weighted by Crippen LogP contribution is 2.39. The number of aromatic nitrogens is 3. The zero-order valence-corrected chi connectivity index (χ0v) is 10.1. The van der Waals surface area contributed by atoms with E-state index in [0.717, 1.165) is 24.8 Å². The molecule has 1 N–H and O–H groups in total. The highest BCUT2D eigenvalue weighted by atomic mass is 15.3. The Bertz CT molecular complexity index is 384. The van der Waals surface area contributed by atoms with Crippen molar-refractivity contribution in [2.45, 2.75) is 51.6 Å². The highest BCUT2D eigenvalue weighted by molar-refractivity contribution is 5.09. The van der Waals surface area contributed by atoms with Crippen molar-refractivity contribution < 1.29 is 0 Å². The summed E-state index contributed by atoms with van der Waals surface area (Å²) < 4.78 is 2.35. The number of nitrogens with zero attached hydrogens (tertiary/aromatic N) is 3. The Morgan fingerprint density at radius 2 is 2.00 bits per heavy atom. The quantitative estimate of drug-likeness (QED) is 0.785. The molecule has 3 rings (SSSR count). The van der Waals surface area contributed by atoms with Gasteiger partial charge in [0.25, 0.3) is 0 Å². The van der Waals surface area contributed by atoms with Gasteiger partial charge in [-0.2, -0.15) is 0 Å². The summed E-state index contributed by atoms with van der Waals surface area (Å²) in [6, 6.07) is 0.353. The van der Waals surface area contributed by atoms with Crippen LogP contribution < -0.4 is 5.32 Å². The summed E-state index contributed by atoms with van der Waals surface area (Å²) >= 11 is 0. The molecule has 3 atom stereocenters. The monoisotopic (exact) mass is 220 g/mol. The van der Waals surface area contributed by atoms with Crippen LogP contribution in [0.25, 0.3) is 0 Å². The van der Waals surface area contributed by atoms with E-state index in [4.69, 9.17) is 0 Å². The minimum absolute atomic E-state index is 0.353. The van der Waals surface area contributed by atoms with Crippen molar-refractivity contribution in [1.29, 1.82) is 0 Å². The fourth-order valence-electron chi connectivity index (χ4n) is 3.16. The lowest BCUT2D eigenvalue weighted by molar-refractivity contribution is 0.409. The highest BCUT2D eigenvalue weighted by Gasteiger charge is 2.31. The van der Waals surface area contributed by atoms with Crippen LogP contribution in [0.15, 0.2) is 0 Å². The molecule has 1 aliphatic heterocycles. The summed E-state index contributed by atoms with van der Waals surface area (Å²) in [7, 11) is 0. The topological polar surface area (TPSA) is 42.7 Å². The van der Waals surface area contributed by atoms with Gasteiger partial charge in [0.2, 0.25) is 0 Å². The van der Waals surface area contributed by atoms with Gasteiger partial charge in [-0.3, -0.25) is 0 Å². The van der Waals surface area contributed by atoms with Gasteiger partial charge >= 0.3 is 0 Å². The maximum absolute atomic E-state index is 4.45. The van der Waals surface area contributed by atoms with Gasteiger partial charge in [0.05, 0.1) is 6.04 Å². The third-order valence-corrected chi connectivity index (χ3v) is 4.17. The molecular formula is C12H20N4. The van der Waals surface area contributed by atoms with Gasteiger partial charge in [-0.25, -0.2) is 0 Å².